The summed E-state index contributed by atoms with van der Waals surface area (Å²) in [5, 5.41) is 14.3. The van der Waals surface area contributed by atoms with Crippen molar-refractivity contribution in [2.75, 3.05) is 0 Å². The minimum atomic E-state index is -1.19. The van der Waals surface area contributed by atoms with Crippen molar-refractivity contribution >= 4 is 11.9 Å². The van der Waals surface area contributed by atoms with Gasteiger partial charge in [-0.05, 0) is 12.8 Å². The predicted molar refractivity (Wildman–Crippen MR) is 69.4 cm³/mol. The highest BCUT2D eigenvalue weighted by Gasteiger charge is 2.50. The number of hydrogen-bond donors (Lipinski definition) is 1. The zero-order chi connectivity index (χ0) is 14.1. The molecule has 110 valence electrons. The first-order valence-corrected chi connectivity index (χ1v) is 7.52. The molecule has 5 nitrogen and oxygen atoms in total. The van der Waals surface area contributed by atoms with E-state index in [4.69, 9.17) is 4.74 Å². The van der Waals surface area contributed by atoms with Crippen LogP contribution < -0.4 is 10.4 Å². The lowest BCUT2D eigenvalue weighted by molar-refractivity contribution is -0.313. The molecule has 1 amide bonds. The number of amides is 1. The highest BCUT2D eigenvalue weighted by atomic mass is 16.5. The molecule has 1 saturated carbocycles. The summed E-state index contributed by atoms with van der Waals surface area (Å²) in [4.78, 5) is 23.7. The number of ether oxygens (including phenoxy) is 1. The average Bonchev–Trinajstić information content (AvgIpc) is 2.93. The summed E-state index contributed by atoms with van der Waals surface area (Å²) < 4.78 is 5.50. The van der Waals surface area contributed by atoms with Crippen LogP contribution in [0.2, 0.25) is 0 Å². The molecule has 4 atom stereocenters. The zero-order valence-corrected chi connectivity index (χ0v) is 11.4. The van der Waals surface area contributed by atoms with Gasteiger partial charge in [0.1, 0.15) is 0 Å². The van der Waals surface area contributed by atoms with E-state index in [0.717, 1.165) is 25.7 Å². The van der Waals surface area contributed by atoms with Crippen LogP contribution in [0.5, 0.6) is 0 Å². The largest absolute Gasteiger partial charge is 0.550 e. The van der Waals surface area contributed by atoms with Crippen LogP contribution in [-0.4, -0.2) is 30.1 Å². The summed E-state index contributed by atoms with van der Waals surface area (Å²) in [6, 6.07) is 0.176. The molecule has 2 aliphatic heterocycles. The molecule has 3 rings (SSSR count). The number of carbonyl (C=O) groups excluding carboxylic acids is 2. The first-order chi connectivity index (χ1) is 9.66. The predicted octanol–water partition coefficient (Wildman–Crippen LogP) is 0.145. The Labute approximate surface area is 118 Å². The smallest absolute Gasteiger partial charge is 0.227 e. The van der Waals surface area contributed by atoms with E-state index in [-0.39, 0.29) is 11.9 Å². The van der Waals surface area contributed by atoms with Crippen molar-refractivity contribution in [2.45, 2.75) is 56.8 Å². The Morgan fingerprint density at radius 1 is 1.00 bits per heavy atom. The van der Waals surface area contributed by atoms with Crippen molar-refractivity contribution < 1.29 is 19.4 Å². The maximum atomic E-state index is 12.4. The topological polar surface area (TPSA) is 78.5 Å². The lowest BCUT2D eigenvalue weighted by atomic mass is 9.82. The fourth-order valence-electron chi connectivity index (χ4n) is 3.62. The van der Waals surface area contributed by atoms with Gasteiger partial charge < -0.3 is 20.0 Å². The van der Waals surface area contributed by atoms with Crippen LogP contribution in [0.4, 0.5) is 0 Å². The lowest BCUT2D eigenvalue weighted by Gasteiger charge is -2.27. The van der Waals surface area contributed by atoms with Gasteiger partial charge >= 0.3 is 0 Å². The normalized spacial score (nSPS) is 36.8. The van der Waals surface area contributed by atoms with Crippen LogP contribution in [0.25, 0.3) is 0 Å². The summed E-state index contributed by atoms with van der Waals surface area (Å²) in [5.74, 6) is -2.88. The molecule has 0 spiro atoms. The van der Waals surface area contributed by atoms with Crippen molar-refractivity contribution in [3.8, 4) is 0 Å². The Balaban J connectivity index is 1.66. The molecule has 5 heteroatoms. The van der Waals surface area contributed by atoms with E-state index in [1.54, 1.807) is 12.2 Å². The van der Waals surface area contributed by atoms with Crippen LogP contribution in [-0.2, 0) is 14.3 Å². The minimum Gasteiger partial charge on any atom is -0.550 e. The van der Waals surface area contributed by atoms with E-state index in [0.29, 0.717) is 0 Å². The molecule has 0 aromatic rings. The van der Waals surface area contributed by atoms with Gasteiger partial charge in [-0.25, -0.2) is 0 Å². The van der Waals surface area contributed by atoms with E-state index in [1.165, 1.54) is 12.8 Å². The molecule has 0 radical (unpaired) electrons. The molecule has 0 unspecified atom stereocenters. The van der Waals surface area contributed by atoms with E-state index in [9.17, 15) is 14.7 Å². The molecule has 1 aliphatic carbocycles. The van der Waals surface area contributed by atoms with Gasteiger partial charge in [-0.15, -0.1) is 0 Å². The van der Waals surface area contributed by atoms with Crippen LogP contribution in [0.3, 0.4) is 0 Å². The van der Waals surface area contributed by atoms with Gasteiger partial charge in [-0.2, -0.15) is 0 Å². The van der Waals surface area contributed by atoms with Crippen molar-refractivity contribution in [3.05, 3.63) is 12.2 Å². The molecule has 2 fully saturated rings. The molecule has 20 heavy (non-hydrogen) atoms. The molecule has 0 aromatic heterocycles. The van der Waals surface area contributed by atoms with Crippen LogP contribution in [0.1, 0.15) is 38.5 Å². The number of rotatable bonds is 3. The van der Waals surface area contributed by atoms with Gasteiger partial charge in [-0.1, -0.05) is 37.8 Å². The van der Waals surface area contributed by atoms with Gasteiger partial charge in [0.2, 0.25) is 5.91 Å². The molecule has 0 aromatic carbocycles. The Morgan fingerprint density at radius 3 is 2.20 bits per heavy atom. The highest BCUT2D eigenvalue weighted by molar-refractivity contribution is 5.86. The van der Waals surface area contributed by atoms with Gasteiger partial charge in [-0.3, -0.25) is 4.79 Å². The first kappa shape index (κ1) is 13.6. The molecular weight excluding hydrogens is 258 g/mol. The fourth-order valence-corrected chi connectivity index (χ4v) is 3.62. The molecule has 2 heterocycles. The van der Waals surface area contributed by atoms with Gasteiger partial charge in [0, 0.05) is 17.9 Å². The molecule has 3 aliphatic rings. The number of carboxylic acid groups (broad SMARTS) is 1. The average molecular weight is 278 g/mol. The Kier molecular flexibility index (Phi) is 3.78. The Morgan fingerprint density at radius 2 is 1.60 bits per heavy atom. The first-order valence-electron chi connectivity index (χ1n) is 7.52. The standard InChI is InChI=1S/C15H21NO4/c17-14(16-9-5-3-1-2-4-6-9)12-10-7-8-11(20-10)13(12)15(18)19/h7-13H,1-6H2,(H,16,17)(H,18,19)/p-1/t10-,11+,12-,13+/m1/s1. The van der Waals surface area contributed by atoms with Gasteiger partial charge in [0.15, 0.2) is 0 Å². The number of aliphatic carboxylic acids is 1. The van der Waals surface area contributed by atoms with Crippen molar-refractivity contribution in [1.29, 1.82) is 0 Å². The summed E-state index contributed by atoms with van der Waals surface area (Å²) in [6.45, 7) is 0. The third-order valence-corrected chi connectivity index (χ3v) is 4.68. The maximum absolute atomic E-state index is 12.4. The second-order valence-electron chi connectivity index (χ2n) is 6.02. The third kappa shape index (κ3) is 2.46. The van der Waals surface area contributed by atoms with E-state index in [2.05, 4.69) is 5.32 Å². The zero-order valence-electron chi connectivity index (χ0n) is 11.4. The second kappa shape index (κ2) is 5.56. The van der Waals surface area contributed by atoms with Crippen LogP contribution in [0, 0.1) is 11.8 Å². The minimum absolute atomic E-state index is 0.176. The number of nitrogens with one attached hydrogen (secondary N) is 1. The monoisotopic (exact) mass is 278 g/mol. The molecule has 1 saturated heterocycles. The number of carbonyl (C=O) groups is 2. The maximum Gasteiger partial charge on any atom is 0.227 e. The van der Waals surface area contributed by atoms with Crippen LogP contribution in [0.15, 0.2) is 12.2 Å². The third-order valence-electron chi connectivity index (χ3n) is 4.68. The van der Waals surface area contributed by atoms with Gasteiger partial charge in [0.25, 0.3) is 0 Å². The summed E-state index contributed by atoms with van der Waals surface area (Å²) in [5.41, 5.74) is 0. The van der Waals surface area contributed by atoms with E-state index < -0.39 is 30.0 Å². The van der Waals surface area contributed by atoms with Crippen molar-refractivity contribution in [3.63, 3.8) is 0 Å². The van der Waals surface area contributed by atoms with Crippen molar-refractivity contribution in [1.82, 2.24) is 5.32 Å². The molecular formula is C15H20NO4-. The van der Waals surface area contributed by atoms with Crippen molar-refractivity contribution in [2.24, 2.45) is 11.8 Å². The highest BCUT2D eigenvalue weighted by Crippen LogP contribution is 2.39. The number of hydrogen-bond acceptors (Lipinski definition) is 4. The quantitative estimate of drug-likeness (QED) is 0.588. The Bertz CT molecular complexity index is 426. The summed E-state index contributed by atoms with van der Waals surface area (Å²) in [6.07, 6.45) is 9.26. The van der Waals surface area contributed by atoms with Crippen LogP contribution >= 0.6 is 0 Å². The Hall–Kier alpha value is -1.36. The SMILES string of the molecule is O=C([O-])[C@@H]1[C@H](C(=O)NC2CCCCCC2)[C@H]2C=C[C@@H]1O2. The second-order valence-corrected chi connectivity index (χ2v) is 6.02. The number of carboxylic acids is 1. The molecule has 2 bridgehead atoms. The lowest BCUT2D eigenvalue weighted by Crippen LogP contribution is -2.49. The summed E-state index contributed by atoms with van der Waals surface area (Å²) in [7, 11) is 0. The molecule has 1 N–H and O–H groups in total. The van der Waals surface area contributed by atoms with E-state index in [1.807, 2.05) is 0 Å². The fraction of sp³-hybridized carbons (Fsp3) is 0.733. The van der Waals surface area contributed by atoms with E-state index >= 15 is 0 Å². The summed E-state index contributed by atoms with van der Waals surface area (Å²) >= 11 is 0. The van der Waals surface area contributed by atoms with Gasteiger partial charge in [0.05, 0.1) is 18.1 Å². The number of fused-ring (bicyclic) bond motifs is 2.